The van der Waals surface area contributed by atoms with Crippen molar-refractivity contribution in [3.63, 3.8) is 0 Å². The lowest BCUT2D eigenvalue weighted by molar-refractivity contribution is 0.289. The molecule has 96 valence electrons. The molecule has 7 heteroatoms. The fourth-order valence-corrected chi connectivity index (χ4v) is 3.00. The third-order valence-corrected chi connectivity index (χ3v) is 4.02. The molecule has 0 fully saturated rings. The van der Waals surface area contributed by atoms with Crippen LogP contribution in [0.5, 0.6) is 5.75 Å². The fraction of sp³-hybridized carbons (Fsp3) is 0.400. The molecule has 0 spiro atoms. The number of halogens is 1. The zero-order chi connectivity index (χ0) is 12.9. The first-order valence-electron chi connectivity index (χ1n) is 4.95. The maximum atomic E-state index is 11.9. The number of benzene rings is 1. The second-order valence-electron chi connectivity index (χ2n) is 3.27. The smallest absolute Gasteiger partial charge is 0.244 e. The SMILES string of the molecule is COc1ccc(Br)cc1S(=O)(=O)NCCCO. The van der Waals surface area contributed by atoms with Gasteiger partial charge in [-0.15, -0.1) is 0 Å². The van der Waals surface area contributed by atoms with Crippen molar-refractivity contribution < 1.29 is 18.3 Å². The van der Waals surface area contributed by atoms with E-state index in [2.05, 4.69) is 20.7 Å². The van der Waals surface area contributed by atoms with Crippen LogP contribution in [0, 0.1) is 0 Å². The van der Waals surface area contributed by atoms with Gasteiger partial charge in [0.25, 0.3) is 0 Å². The summed E-state index contributed by atoms with van der Waals surface area (Å²) in [4.78, 5) is 0.0762. The number of hydrogen-bond acceptors (Lipinski definition) is 4. The highest BCUT2D eigenvalue weighted by Crippen LogP contribution is 2.26. The maximum Gasteiger partial charge on any atom is 0.244 e. The van der Waals surface area contributed by atoms with Gasteiger partial charge in [0.15, 0.2) is 0 Å². The molecule has 0 heterocycles. The number of nitrogens with one attached hydrogen (secondary N) is 1. The highest BCUT2D eigenvalue weighted by atomic mass is 79.9. The molecule has 0 atom stereocenters. The summed E-state index contributed by atoms with van der Waals surface area (Å²) in [7, 11) is -2.20. The standard InChI is InChI=1S/C10H14BrNO4S/c1-16-9-4-3-8(11)7-10(9)17(14,15)12-5-2-6-13/h3-4,7,12-13H,2,5-6H2,1H3. The first kappa shape index (κ1) is 14.4. The van der Waals surface area contributed by atoms with E-state index in [1.807, 2.05) is 0 Å². The predicted molar refractivity (Wildman–Crippen MR) is 67.6 cm³/mol. The zero-order valence-corrected chi connectivity index (χ0v) is 11.7. The Labute approximate surface area is 109 Å². The van der Waals surface area contributed by atoms with Crippen molar-refractivity contribution in [3.05, 3.63) is 22.7 Å². The third kappa shape index (κ3) is 3.95. The lowest BCUT2D eigenvalue weighted by Crippen LogP contribution is -2.25. The molecule has 5 nitrogen and oxygen atoms in total. The van der Waals surface area contributed by atoms with Crippen molar-refractivity contribution in [2.45, 2.75) is 11.3 Å². The molecule has 0 aromatic heterocycles. The number of sulfonamides is 1. The Kier molecular flexibility index (Phi) is 5.38. The first-order valence-corrected chi connectivity index (χ1v) is 7.23. The third-order valence-electron chi connectivity index (χ3n) is 2.04. The number of rotatable bonds is 6. The van der Waals surface area contributed by atoms with Crippen LogP contribution in [-0.2, 0) is 10.0 Å². The van der Waals surface area contributed by atoms with Crippen molar-refractivity contribution in [2.75, 3.05) is 20.3 Å². The van der Waals surface area contributed by atoms with Crippen LogP contribution in [0.3, 0.4) is 0 Å². The van der Waals surface area contributed by atoms with Crippen molar-refractivity contribution >= 4 is 26.0 Å². The molecule has 0 aliphatic carbocycles. The Hall–Kier alpha value is -0.630. The van der Waals surface area contributed by atoms with E-state index >= 15 is 0 Å². The van der Waals surface area contributed by atoms with Gasteiger partial charge in [-0.05, 0) is 24.6 Å². The number of ether oxygens (including phenoxy) is 1. The molecule has 17 heavy (non-hydrogen) atoms. The van der Waals surface area contributed by atoms with Crippen LogP contribution >= 0.6 is 15.9 Å². The normalized spacial score (nSPS) is 11.5. The van der Waals surface area contributed by atoms with Crippen molar-refractivity contribution in [1.82, 2.24) is 4.72 Å². The number of aliphatic hydroxyl groups excluding tert-OH is 1. The molecule has 0 unspecified atom stereocenters. The molecule has 0 radical (unpaired) electrons. The molecular formula is C10H14BrNO4S. The summed E-state index contributed by atoms with van der Waals surface area (Å²) in [6.45, 7) is 0.132. The van der Waals surface area contributed by atoms with Gasteiger partial charge in [0.1, 0.15) is 10.6 Å². The lowest BCUT2D eigenvalue weighted by Gasteiger charge is -2.10. The summed E-state index contributed by atoms with van der Waals surface area (Å²) in [6.07, 6.45) is 0.371. The zero-order valence-electron chi connectivity index (χ0n) is 9.31. The molecule has 0 aliphatic rings. The summed E-state index contributed by atoms with van der Waals surface area (Å²) >= 11 is 3.21. The van der Waals surface area contributed by atoms with Crippen LogP contribution in [0.25, 0.3) is 0 Å². The summed E-state index contributed by atoms with van der Waals surface area (Å²) < 4.78 is 31.9. The van der Waals surface area contributed by atoms with E-state index in [4.69, 9.17) is 9.84 Å². The highest BCUT2D eigenvalue weighted by molar-refractivity contribution is 9.10. The van der Waals surface area contributed by atoms with Gasteiger partial charge in [-0.3, -0.25) is 0 Å². The van der Waals surface area contributed by atoms with E-state index in [0.717, 1.165) is 0 Å². The van der Waals surface area contributed by atoms with Gasteiger partial charge < -0.3 is 9.84 Å². The maximum absolute atomic E-state index is 11.9. The van der Waals surface area contributed by atoms with Crippen LogP contribution < -0.4 is 9.46 Å². The van der Waals surface area contributed by atoms with Crippen molar-refractivity contribution in [2.24, 2.45) is 0 Å². The van der Waals surface area contributed by atoms with Crippen molar-refractivity contribution in [1.29, 1.82) is 0 Å². The largest absolute Gasteiger partial charge is 0.495 e. The summed E-state index contributed by atoms with van der Waals surface area (Å²) in [6, 6.07) is 4.75. The minimum atomic E-state index is -3.61. The topological polar surface area (TPSA) is 75.6 Å². The Morgan fingerprint density at radius 1 is 1.47 bits per heavy atom. The van der Waals surface area contributed by atoms with E-state index < -0.39 is 10.0 Å². The molecule has 0 amide bonds. The Bertz CT molecular complexity index is 475. The van der Waals surface area contributed by atoms with Crippen LogP contribution in [-0.4, -0.2) is 33.8 Å². The second-order valence-corrected chi connectivity index (χ2v) is 5.92. The van der Waals surface area contributed by atoms with E-state index in [-0.39, 0.29) is 23.8 Å². The van der Waals surface area contributed by atoms with E-state index in [1.165, 1.54) is 13.2 Å². The van der Waals surface area contributed by atoms with Crippen LogP contribution in [0.1, 0.15) is 6.42 Å². The molecule has 0 bridgehead atoms. The molecule has 0 aliphatic heterocycles. The highest BCUT2D eigenvalue weighted by Gasteiger charge is 2.19. The van der Waals surface area contributed by atoms with Gasteiger partial charge in [-0.2, -0.15) is 0 Å². The molecule has 0 saturated carbocycles. The van der Waals surface area contributed by atoms with Crippen molar-refractivity contribution in [3.8, 4) is 5.75 Å². The lowest BCUT2D eigenvalue weighted by atomic mass is 10.3. The van der Waals surface area contributed by atoms with Gasteiger partial charge in [0.2, 0.25) is 10.0 Å². The van der Waals surface area contributed by atoms with Gasteiger partial charge in [-0.25, -0.2) is 13.1 Å². The average Bonchev–Trinajstić information content (AvgIpc) is 2.29. The van der Waals surface area contributed by atoms with Gasteiger partial charge >= 0.3 is 0 Å². The van der Waals surface area contributed by atoms with E-state index in [0.29, 0.717) is 10.9 Å². The Morgan fingerprint density at radius 3 is 2.76 bits per heavy atom. The second kappa shape index (κ2) is 6.34. The first-order chi connectivity index (χ1) is 8.01. The van der Waals surface area contributed by atoms with Crippen LogP contribution in [0.2, 0.25) is 0 Å². The van der Waals surface area contributed by atoms with Gasteiger partial charge in [0.05, 0.1) is 7.11 Å². The van der Waals surface area contributed by atoms with Gasteiger partial charge in [-0.1, -0.05) is 15.9 Å². The van der Waals surface area contributed by atoms with Crippen LogP contribution in [0.4, 0.5) is 0 Å². The predicted octanol–water partition coefficient (Wildman–Crippen LogP) is 1.12. The monoisotopic (exact) mass is 323 g/mol. The quantitative estimate of drug-likeness (QED) is 0.769. The van der Waals surface area contributed by atoms with Gasteiger partial charge in [0, 0.05) is 17.6 Å². The fourth-order valence-electron chi connectivity index (χ4n) is 1.22. The molecule has 2 N–H and O–H groups in total. The Balaban J connectivity index is 3.00. The molecule has 0 saturated heterocycles. The molecular weight excluding hydrogens is 310 g/mol. The molecule has 1 rings (SSSR count). The summed E-state index contributed by atoms with van der Waals surface area (Å²) in [5.41, 5.74) is 0. The number of hydrogen-bond donors (Lipinski definition) is 2. The average molecular weight is 324 g/mol. The van der Waals surface area contributed by atoms with Crippen LogP contribution in [0.15, 0.2) is 27.6 Å². The van der Waals surface area contributed by atoms with E-state index in [9.17, 15) is 8.42 Å². The summed E-state index contributed by atoms with van der Waals surface area (Å²) in [5.74, 6) is 0.282. The number of methoxy groups -OCH3 is 1. The molecule has 1 aromatic carbocycles. The number of aliphatic hydroxyl groups is 1. The summed E-state index contributed by atoms with van der Waals surface area (Å²) in [5, 5.41) is 8.61. The Morgan fingerprint density at radius 2 is 2.18 bits per heavy atom. The molecule has 1 aromatic rings. The van der Waals surface area contributed by atoms with E-state index in [1.54, 1.807) is 12.1 Å². The minimum Gasteiger partial charge on any atom is -0.495 e. The minimum absolute atomic E-state index is 0.0574.